The van der Waals surface area contributed by atoms with Crippen LogP contribution < -0.4 is 0 Å². The molecule has 0 spiro atoms. The average Bonchev–Trinajstić information content (AvgIpc) is 3.54. The van der Waals surface area contributed by atoms with Gasteiger partial charge in [-0.3, -0.25) is 19.4 Å². The van der Waals surface area contributed by atoms with Crippen molar-refractivity contribution in [2.75, 3.05) is 0 Å². The minimum Gasteiger partial charge on any atom is -0.299 e. The molecule has 5 nitrogen and oxygen atoms in total. The molecule has 0 saturated carbocycles. The Hall–Kier alpha value is -6.46. The summed E-state index contributed by atoms with van der Waals surface area (Å²) in [4.78, 5) is 19.0. The summed E-state index contributed by atoms with van der Waals surface area (Å²) in [7, 11) is 0. The van der Waals surface area contributed by atoms with E-state index in [4.69, 9.17) is 15.0 Å². The average molecular weight is 632 g/mol. The molecule has 0 atom stereocenters. The van der Waals surface area contributed by atoms with Crippen LogP contribution in [0.15, 0.2) is 145 Å². The number of hydrogen-bond donors (Lipinski definition) is 0. The number of nitrogens with zero attached hydrogens (tertiary/aromatic N) is 5. The minimum absolute atomic E-state index is 0.735. The highest BCUT2D eigenvalue weighted by Gasteiger charge is 2.18. The number of hydrogen-bond acceptors (Lipinski definition) is 4. The lowest BCUT2D eigenvalue weighted by molar-refractivity contribution is 1.13. The Morgan fingerprint density at radius 3 is 2.18 bits per heavy atom. The molecule has 8 aromatic rings. The molecule has 0 radical (unpaired) electrons. The van der Waals surface area contributed by atoms with Gasteiger partial charge in [-0.2, -0.15) is 0 Å². The van der Waals surface area contributed by atoms with Gasteiger partial charge in [-0.1, -0.05) is 79.4 Å². The lowest BCUT2D eigenvalue weighted by Crippen LogP contribution is -1.93. The molecule has 0 aliphatic carbocycles. The van der Waals surface area contributed by atoms with Crippen LogP contribution in [0.5, 0.6) is 0 Å². The van der Waals surface area contributed by atoms with E-state index in [0.29, 0.717) is 0 Å². The molecule has 234 valence electrons. The van der Waals surface area contributed by atoms with Crippen molar-refractivity contribution in [2.24, 2.45) is 4.99 Å². The van der Waals surface area contributed by atoms with Gasteiger partial charge < -0.3 is 0 Å². The number of imidazole rings is 1. The van der Waals surface area contributed by atoms with Crippen LogP contribution in [0.3, 0.4) is 0 Å². The van der Waals surface area contributed by atoms with Crippen LogP contribution in [-0.4, -0.2) is 26.1 Å². The van der Waals surface area contributed by atoms with Crippen molar-refractivity contribution in [3.05, 3.63) is 157 Å². The lowest BCUT2D eigenvalue weighted by atomic mass is 9.89. The summed E-state index contributed by atoms with van der Waals surface area (Å²) < 4.78 is 2.17. The topological polar surface area (TPSA) is 55.4 Å². The molecule has 0 aliphatic rings. The van der Waals surface area contributed by atoms with E-state index < -0.39 is 0 Å². The fourth-order valence-corrected chi connectivity index (χ4v) is 6.82. The number of benzene rings is 4. The summed E-state index contributed by atoms with van der Waals surface area (Å²) in [5.41, 5.74) is 15.9. The van der Waals surface area contributed by atoms with Crippen LogP contribution >= 0.6 is 0 Å². The van der Waals surface area contributed by atoms with E-state index in [0.717, 1.165) is 95.1 Å². The maximum absolute atomic E-state index is 5.14. The van der Waals surface area contributed by atoms with Crippen LogP contribution in [-0.2, 0) is 0 Å². The van der Waals surface area contributed by atoms with E-state index in [1.54, 1.807) is 6.20 Å². The predicted octanol–water partition coefficient (Wildman–Crippen LogP) is 11.2. The number of pyridine rings is 3. The van der Waals surface area contributed by atoms with Crippen LogP contribution in [0.2, 0.25) is 0 Å². The fraction of sp³-hybridized carbons (Fsp3) is 0.0455. The van der Waals surface area contributed by atoms with E-state index in [2.05, 4.69) is 133 Å². The summed E-state index contributed by atoms with van der Waals surface area (Å²) >= 11 is 0. The highest BCUT2D eigenvalue weighted by molar-refractivity contribution is 6.04. The third-order valence-electron chi connectivity index (χ3n) is 9.10. The molecule has 0 amide bonds. The summed E-state index contributed by atoms with van der Waals surface area (Å²) in [6.45, 7) is 12.0. The van der Waals surface area contributed by atoms with Gasteiger partial charge in [0.2, 0.25) is 0 Å². The molecule has 4 heterocycles. The van der Waals surface area contributed by atoms with Gasteiger partial charge in [0.25, 0.3) is 0 Å². The van der Waals surface area contributed by atoms with Crippen molar-refractivity contribution in [3.63, 3.8) is 0 Å². The highest BCUT2D eigenvalue weighted by Crippen LogP contribution is 2.41. The molecule has 0 aliphatic heterocycles. The zero-order valence-electron chi connectivity index (χ0n) is 27.4. The van der Waals surface area contributed by atoms with Gasteiger partial charge in [-0.05, 0) is 103 Å². The zero-order chi connectivity index (χ0) is 33.5. The molecule has 8 rings (SSSR count). The molecule has 49 heavy (non-hydrogen) atoms. The molecule has 4 aromatic carbocycles. The van der Waals surface area contributed by atoms with Crippen molar-refractivity contribution >= 4 is 35.0 Å². The predicted molar refractivity (Wildman–Crippen MR) is 204 cm³/mol. The third-order valence-corrected chi connectivity index (χ3v) is 9.10. The molecule has 0 saturated heterocycles. The monoisotopic (exact) mass is 631 g/mol. The van der Waals surface area contributed by atoms with Crippen molar-refractivity contribution in [3.8, 4) is 55.9 Å². The first kappa shape index (κ1) is 29.9. The molecule has 0 N–H and O–H groups in total. The molecule has 0 bridgehead atoms. The molecular formula is C44H33N5. The Bertz CT molecular complexity index is 2560. The second kappa shape index (κ2) is 12.3. The van der Waals surface area contributed by atoms with Gasteiger partial charge in [-0.15, -0.1) is 0 Å². The van der Waals surface area contributed by atoms with Crippen LogP contribution in [0.1, 0.15) is 17.0 Å². The summed E-state index contributed by atoms with van der Waals surface area (Å²) in [5, 5.41) is 1.00. The van der Waals surface area contributed by atoms with Gasteiger partial charge in [0.05, 0.1) is 22.6 Å². The molecule has 5 heteroatoms. The smallest absolute Gasteiger partial charge is 0.137 e. The Labute approximate surface area is 285 Å². The van der Waals surface area contributed by atoms with Crippen molar-refractivity contribution in [2.45, 2.75) is 13.8 Å². The number of fused-ring (bicyclic) bond motifs is 2. The van der Waals surface area contributed by atoms with Crippen molar-refractivity contribution in [1.82, 2.24) is 19.4 Å². The van der Waals surface area contributed by atoms with Crippen LogP contribution in [0.4, 0.5) is 5.69 Å². The maximum Gasteiger partial charge on any atom is 0.137 e. The Morgan fingerprint density at radius 2 is 1.39 bits per heavy atom. The fourth-order valence-electron chi connectivity index (χ4n) is 6.82. The minimum atomic E-state index is 0.735. The first-order chi connectivity index (χ1) is 24.0. The first-order valence-electron chi connectivity index (χ1n) is 16.3. The van der Waals surface area contributed by atoms with Gasteiger partial charge in [0, 0.05) is 51.4 Å². The van der Waals surface area contributed by atoms with Gasteiger partial charge in [-0.25, -0.2) is 4.98 Å². The largest absolute Gasteiger partial charge is 0.299 e. The SMILES string of the molecule is C=Cc1cc(-c2cc(-c3cccc(-c4nc5ccccn5c4-c4ccccc4)c3)cc(-c3ccc(C)nc3C)c2)c2cccnc2c1N=C. The number of rotatable bonds is 7. The first-order valence-corrected chi connectivity index (χ1v) is 16.3. The van der Waals surface area contributed by atoms with Crippen LogP contribution in [0, 0.1) is 13.8 Å². The molecule has 0 fully saturated rings. The van der Waals surface area contributed by atoms with E-state index in [9.17, 15) is 0 Å². The maximum atomic E-state index is 5.14. The highest BCUT2D eigenvalue weighted by atomic mass is 15.0. The quantitative estimate of drug-likeness (QED) is 0.164. The van der Waals surface area contributed by atoms with E-state index in [1.165, 1.54) is 0 Å². The van der Waals surface area contributed by atoms with E-state index >= 15 is 0 Å². The normalized spacial score (nSPS) is 11.2. The Balaban J connectivity index is 1.37. The van der Waals surface area contributed by atoms with Crippen molar-refractivity contribution < 1.29 is 0 Å². The summed E-state index contributed by atoms with van der Waals surface area (Å²) in [6, 6.07) is 42.5. The Kier molecular flexibility index (Phi) is 7.50. The summed E-state index contributed by atoms with van der Waals surface area (Å²) in [6.07, 6.45) is 5.70. The molecule has 0 unspecified atom stereocenters. The number of aromatic nitrogens is 4. The van der Waals surface area contributed by atoms with E-state index in [-0.39, 0.29) is 0 Å². The second-order valence-corrected chi connectivity index (χ2v) is 12.2. The van der Waals surface area contributed by atoms with Gasteiger partial charge >= 0.3 is 0 Å². The molecular weight excluding hydrogens is 599 g/mol. The Morgan fingerprint density at radius 1 is 0.653 bits per heavy atom. The lowest BCUT2D eigenvalue weighted by Gasteiger charge is -2.16. The van der Waals surface area contributed by atoms with Gasteiger partial charge in [0.1, 0.15) is 5.65 Å². The van der Waals surface area contributed by atoms with Crippen LogP contribution in [0.25, 0.3) is 78.5 Å². The van der Waals surface area contributed by atoms with Crippen molar-refractivity contribution in [1.29, 1.82) is 0 Å². The van der Waals surface area contributed by atoms with Gasteiger partial charge in [0.15, 0.2) is 0 Å². The van der Waals surface area contributed by atoms with E-state index in [1.807, 2.05) is 37.3 Å². The summed E-state index contributed by atoms with van der Waals surface area (Å²) in [5.74, 6) is 0. The second-order valence-electron chi connectivity index (χ2n) is 12.2. The third kappa shape index (κ3) is 5.31. The number of aryl methyl sites for hydroxylation is 2. The standard InChI is InChI=1S/C44H33N5/c1-5-30-27-39(38-17-12-21-46-43(38)41(30)45-4)36-25-34(24-35(26-36)37-20-19-28(2)47-29(37)3)32-15-11-16-33(23-32)42-44(31-13-7-6-8-14-31)49-22-10-9-18-40(49)48-42/h5-27H,1,4H2,2-3H3. The molecule has 4 aromatic heterocycles. The number of aliphatic imine (C=N–C) groups is 1. The zero-order valence-corrected chi connectivity index (χ0v) is 27.4.